The number of H-pyrrole nitrogens is 1. The van der Waals surface area contributed by atoms with E-state index in [0.717, 1.165) is 45.1 Å². The zero-order valence-corrected chi connectivity index (χ0v) is 14.1. The van der Waals surface area contributed by atoms with Crippen LogP contribution in [0.2, 0.25) is 0 Å². The quantitative estimate of drug-likeness (QED) is 0.713. The first kappa shape index (κ1) is 16.8. The van der Waals surface area contributed by atoms with Crippen LogP contribution in [0.4, 0.5) is 5.82 Å². The number of nitrogens with zero attached hydrogens (tertiary/aromatic N) is 3. The molecule has 3 heterocycles. The van der Waals surface area contributed by atoms with E-state index in [9.17, 15) is 4.79 Å². The molecule has 1 atom stereocenters. The van der Waals surface area contributed by atoms with Crippen molar-refractivity contribution >= 4 is 17.0 Å². The second-order valence-corrected chi connectivity index (χ2v) is 6.15. The van der Waals surface area contributed by atoms with Crippen LogP contribution in [0.15, 0.2) is 4.79 Å². The van der Waals surface area contributed by atoms with Crippen LogP contribution < -0.4 is 16.2 Å². The second kappa shape index (κ2) is 7.65. The first-order chi connectivity index (χ1) is 11.7. The van der Waals surface area contributed by atoms with Crippen molar-refractivity contribution in [3.63, 3.8) is 0 Å². The van der Waals surface area contributed by atoms with Crippen LogP contribution in [0.3, 0.4) is 0 Å². The van der Waals surface area contributed by atoms with Gasteiger partial charge in [-0.1, -0.05) is 13.3 Å². The summed E-state index contributed by atoms with van der Waals surface area (Å²) in [5.74, 6) is 0.237. The number of anilines is 1. The molecule has 0 spiro atoms. The van der Waals surface area contributed by atoms with Gasteiger partial charge in [-0.2, -0.15) is 9.97 Å². The van der Waals surface area contributed by atoms with Crippen molar-refractivity contribution < 1.29 is 9.47 Å². The van der Waals surface area contributed by atoms with E-state index in [1.165, 1.54) is 0 Å². The van der Waals surface area contributed by atoms with Gasteiger partial charge in [0.05, 0.1) is 12.7 Å². The topological polar surface area (TPSA) is 108 Å². The van der Waals surface area contributed by atoms with Gasteiger partial charge in [0, 0.05) is 13.2 Å². The third kappa shape index (κ3) is 3.69. The van der Waals surface area contributed by atoms with Gasteiger partial charge in [-0.25, -0.2) is 4.79 Å². The fraction of sp³-hybridized carbons (Fsp3) is 0.688. The minimum absolute atomic E-state index is 0.218. The zero-order valence-electron chi connectivity index (χ0n) is 14.1. The van der Waals surface area contributed by atoms with E-state index in [-0.39, 0.29) is 17.5 Å². The molecule has 0 saturated carbocycles. The molecule has 8 heteroatoms. The lowest BCUT2D eigenvalue weighted by Gasteiger charge is -2.09. The molecule has 3 rings (SSSR count). The van der Waals surface area contributed by atoms with E-state index in [2.05, 4.69) is 21.9 Å². The van der Waals surface area contributed by atoms with Gasteiger partial charge >= 0.3 is 11.7 Å². The molecule has 0 bridgehead atoms. The number of aromatic nitrogens is 4. The Morgan fingerprint density at radius 1 is 1.42 bits per heavy atom. The summed E-state index contributed by atoms with van der Waals surface area (Å²) in [6.07, 6.45) is 6.29. The number of hydrogen-bond acceptors (Lipinski definition) is 6. The summed E-state index contributed by atoms with van der Waals surface area (Å²) in [5, 5.41) is 0. The molecule has 0 aliphatic carbocycles. The van der Waals surface area contributed by atoms with E-state index in [1.807, 2.05) is 0 Å². The first-order valence-corrected chi connectivity index (χ1v) is 8.69. The Labute approximate surface area is 140 Å². The predicted octanol–water partition coefficient (Wildman–Crippen LogP) is 1.84. The summed E-state index contributed by atoms with van der Waals surface area (Å²) in [7, 11) is 0. The van der Waals surface area contributed by atoms with E-state index in [1.54, 1.807) is 4.57 Å². The van der Waals surface area contributed by atoms with Gasteiger partial charge in [-0.3, -0.25) is 4.57 Å². The summed E-state index contributed by atoms with van der Waals surface area (Å²) < 4.78 is 12.8. The largest absolute Gasteiger partial charge is 0.463 e. The summed E-state index contributed by atoms with van der Waals surface area (Å²) in [4.78, 5) is 23.4. The molecule has 132 valence electrons. The standard InChI is InChI=1S/C16H25N5O3/c1-2-3-9-24-15-19-13(17)12-14(20-15)21(16(22)18-12)8-4-6-11-7-5-10-23-11/h11H,2-10H2,1H3,(H,18,22)(H2,17,19,20). The smallest absolute Gasteiger partial charge is 0.327 e. The lowest BCUT2D eigenvalue weighted by atomic mass is 10.1. The lowest BCUT2D eigenvalue weighted by Crippen LogP contribution is -2.18. The number of nitrogens with one attached hydrogen (secondary N) is 1. The fourth-order valence-corrected chi connectivity index (χ4v) is 2.96. The Kier molecular flexibility index (Phi) is 5.34. The maximum atomic E-state index is 12.2. The third-order valence-electron chi connectivity index (χ3n) is 4.29. The molecule has 1 aliphatic heterocycles. The van der Waals surface area contributed by atoms with E-state index < -0.39 is 0 Å². The molecule has 0 amide bonds. The molecule has 0 aromatic carbocycles. The SMILES string of the molecule is CCCCOc1nc(N)c2[nH]c(=O)n(CCCC3CCCO3)c2n1. The maximum absolute atomic E-state index is 12.2. The highest BCUT2D eigenvalue weighted by atomic mass is 16.5. The molecular weight excluding hydrogens is 310 g/mol. The number of aromatic amines is 1. The van der Waals surface area contributed by atoms with Crippen LogP contribution in [-0.2, 0) is 11.3 Å². The van der Waals surface area contributed by atoms with Crippen LogP contribution in [0.1, 0.15) is 45.4 Å². The van der Waals surface area contributed by atoms with Gasteiger partial charge in [0.25, 0.3) is 0 Å². The van der Waals surface area contributed by atoms with Crippen molar-refractivity contribution in [2.24, 2.45) is 0 Å². The Balaban J connectivity index is 1.75. The minimum atomic E-state index is -0.218. The monoisotopic (exact) mass is 335 g/mol. The number of rotatable bonds is 8. The van der Waals surface area contributed by atoms with Crippen LogP contribution in [0.5, 0.6) is 6.01 Å². The first-order valence-electron chi connectivity index (χ1n) is 8.69. The molecule has 1 saturated heterocycles. The van der Waals surface area contributed by atoms with Crippen molar-refractivity contribution in [3.8, 4) is 6.01 Å². The van der Waals surface area contributed by atoms with Gasteiger partial charge in [-0.05, 0) is 32.1 Å². The normalized spacial score (nSPS) is 17.6. The van der Waals surface area contributed by atoms with Gasteiger partial charge in [-0.15, -0.1) is 0 Å². The fourth-order valence-electron chi connectivity index (χ4n) is 2.96. The van der Waals surface area contributed by atoms with Gasteiger partial charge < -0.3 is 20.2 Å². The average molecular weight is 335 g/mol. The Hall–Kier alpha value is -2.09. The van der Waals surface area contributed by atoms with Crippen LogP contribution in [-0.4, -0.2) is 38.8 Å². The Bertz CT molecular complexity index is 733. The number of aryl methyl sites for hydroxylation is 1. The van der Waals surface area contributed by atoms with Crippen molar-refractivity contribution in [1.82, 2.24) is 19.5 Å². The Morgan fingerprint density at radius 3 is 3.04 bits per heavy atom. The number of nitrogen functional groups attached to an aromatic ring is 1. The number of unbranched alkanes of at least 4 members (excludes halogenated alkanes) is 1. The zero-order chi connectivity index (χ0) is 16.9. The second-order valence-electron chi connectivity index (χ2n) is 6.15. The highest BCUT2D eigenvalue weighted by molar-refractivity contribution is 5.81. The van der Waals surface area contributed by atoms with Gasteiger partial charge in [0.15, 0.2) is 11.5 Å². The van der Waals surface area contributed by atoms with E-state index in [0.29, 0.717) is 30.4 Å². The molecule has 3 N–H and O–H groups in total. The van der Waals surface area contributed by atoms with E-state index in [4.69, 9.17) is 15.2 Å². The van der Waals surface area contributed by atoms with E-state index >= 15 is 0 Å². The number of hydrogen-bond donors (Lipinski definition) is 2. The summed E-state index contributed by atoms with van der Waals surface area (Å²) in [6, 6.07) is 0.223. The van der Waals surface area contributed by atoms with Crippen molar-refractivity contribution in [1.29, 1.82) is 0 Å². The summed E-state index contributed by atoms with van der Waals surface area (Å²) in [6.45, 7) is 4.04. The van der Waals surface area contributed by atoms with Crippen molar-refractivity contribution in [3.05, 3.63) is 10.5 Å². The number of imidazole rings is 1. The predicted molar refractivity (Wildman–Crippen MR) is 91.2 cm³/mol. The molecule has 1 unspecified atom stereocenters. The summed E-state index contributed by atoms with van der Waals surface area (Å²) in [5.41, 5.74) is 6.70. The molecular formula is C16H25N5O3. The van der Waals surface area contributed by atoms with Crippen molar-refractivity contribution in [2.45, 2.75) is 58.1 Å². The number of fused-ring (bicyclic) bond motifs is 1. The highest BCUT2D eigenvalue weighted by Gasteiger charge is 2.17. The minimum Gasteiger partial charge on any atom is -0.463 e. The van der Waals surface area contributed by atoms with Gasteiger partial charge in [0.2, 0.25) is 0 Å². The molecule has 2 aromatic rings. The molecule has 1 fully saturated rings. The molecule has 8 nitrogen and oxygen atoms in total. The van der Waals surface area contributed by atoms with Crippen LogP contribution in [0.25, 0.3) is 11.2 Å². The third-order valence-corrected chi connectivity index (χ3v) is 4.29. The molecule has 0 radical (unpaired) electrons. The van der Waals surface area contributed by atoms with Crippen LogP contribution >= 0.6 is 0 Å². The van der Waals surface area contributed by atoms with Crippen LogP contribution in [0, 0.1) is 0 Å². The molecule has 24 heavy (non-hydrogen) atoms. The Morgan fingerprint density at radius 2 is 2.29 bits per heavy atom. The van der Waals surface area contributed by atoms with Crippen molar-refractivity contribution in [2.75, 3.05) is 18.9 Å². The average Bonchev–Trinajstić information content (AvgIpc) is 3.17. The number of ether oxygens (including phenoxy) is 2. The molecule has 1 aliphatic rings. The number of nitrogens with two attached hydrogens (primary N) is 1. The maximum Gasteiger partial charge on any atom is 0.327 e. The van der Waals surface area contributed by atoms with Gasteiger partial charge in [0.1, 0.15) is 5.52 Å². The highest BCUT2D eigenvalue weighted by Crippen LogP contribution is 2.20. The lowest BCUT2D eigenvalue weighted by molar-refractivity contribution is 0.101. The summed E-state index contributed by atoms with van der Waals surface area (Å²) >= 11 is 0. The molecule has 2 aromatic heterocycles.